The Bertz CT molecular complexity index is 333. The minimum absolute atomic E-state index is 0.451. The average Bonchev–Trinajstić information content (AvgIpc) is 2.15. The number of aromatic nitrogens is 1. The molecule has 0 aliphatic carbocycles. The van der Waals surface area contributed by atoms with Gasteiger partial charge in [-0.1, -0.05) is 6.07 Å². The number of hydrogen-bond acceptors (Lipinski definition) is 4. The molecule has 1 aromatic heterocycles. The van der Waals surface area contributed by atoms with Gasteiger partial charge in [0.2, 0.25) is 0 Å². The highest BCUT2D eigenvalue weighted by molar-refractivity contribution is 5.19. The van der Waals surface area contributed by atoms with Gasteiger partial charge in [0, 0.05) is 25.8 Å². The molecule has 0 saturated heterocycles. The van der Waals surface area contributed by atoms with Crippen molar-refractivity contribution in [1.82, 2.24) is 9.88 Å². The lowest BCUT2D eigenvalue weighted by Crippen LogP contribution is -2.36. The maximum Gasteiger partial charge on any atom is 0.0718 e. The second-order valence-corrected chi connectivity index (χ2v) is 4.80. The third-order valence-electron chi connectivity index (χ3n) is 2.27. The second kappa shape index (κ2) is 5.39. The van der Waals surface area contributed by atoms with Gasteiger partial charge < -0.3 is 10.8 Å². The number of pyridine rings is 1. The third-order valence-corrected chi connectivity index (χ3v) is 2.27. The molecule has 0 amide bonds. The van der Waals surface area contributed by atoms with Crippen molar-refractivity contribution in [2.75, 3.05) is 13.6 Å². The first kappa shape index (κ1) is 13.1. The van der Waals surface area contributed by atoms with Crippen LogP contribution in [0.25, 0.3) is 0 Å². The molecule has 90 valence electrons. The maximum absolute atomic E-state index is 9.71. The van der Waals surface area contributed by atoms with Crippen molar-refractivity contribution in [3.8, 4) is 0 Å². The van der Waals surface area contributed by atoms with Crippen molar-refractivity contribution in [2.45, 2.75) is 32.5 Å². The molecule has 3 N–H and O–H groups in total. The molecule has 0 radical (unpaired) electrons. The largest absolute Gasteiger partial charge is 0.389 e. The molecular weight excluding hydrogens is 202 g/mol. The molecule has 0 atom stereocenters. The van der Waals surface area contributed by atoms with Crippen LogP contribution in [0.15, 0.2) is 18.3 Å². The number of nitrogens with two attached hydrogens (primary N) is 1. The van der Waals surface area contributed by atoms with Crippen molar-refractivity contribution >= 4 is 0 Å². The summed E-state index contributed by atoms with van der Waals surface area (Å²) in [6.07, 6.45) is 1.75. The quantitative estimate of drug-likeness (QED) is 0.773. The normalized spacial score (nSPS) is 12.1. The standard InChI is InChI=1S/C12H21N3O/c1-12(2,16)9-15(3)8-10-5-4-6-14-11(10)7-13/h4-6,16H,7-9,13H2,1-3H3. The van der Waals surface area contributed by atoms with Gasteiger partial charge in [-0.25, -0.2) is 0 Å². The molecular formula is C12H21N3O. The highest BCUT2D eigenvalue weighted by Crippen LogP contribution is 2.10. The smallest absolute Gasteiger partial charge is 0.0718 e. The van der Waals surface area contributed by atoms with Gasteiger partial charge in [0.25, 0.3) is 0 Å². The Morgan fingerprint density at radius 3 is 2.75 bits per heavy atom. The summed E-state index contributed by atoms with van der Waals surface area (Å²) in [7, 11) is 1.98. The van der Waals surface area contributed by atoms with Crippen molar-refractivity contribution < 1.29 is 5.11 Å². The van der Waals surface area contributed by atoms with Crippen LogP contribution in [0, 0.1) is 0 Å². The Kier molecular flexibility index (Phi) is 4.41. The highest BCUT2D eigenvalue weighted by Gasteiger charge is 2.16. The number of hydrogen-bond donors (Lipinski definition) is 2. The fourth-order valence-corrected chi connectivity index (χ4v) is 1.81. The Balaban J connectivity index is 2.65. The van der Waals surface area contributed by atoms with E-state index in [1.165, 1.54) is 0 Å². The highest BCUT2D eigenvalue weighted by atomic mass is 16.3. The molecule has 0 saturated carbocycles. The predicted octanol–water partition coefficient (Wildman–Crippen LogP) is 0.743. The maximum atomic E-state index is 9.71. The van der Waals surface area contributed by atoms with Gasteiger partial charge in [-0.2, -0.15) is 0 Å². The van der Waals surface area contributed by atoms with Crippen molar-refractivity contribution in [3.63, 3.8) is 0 Å². The van der Waals surface area contributed by atoms with E-state index in [1.54, 1.807) is 20.0 Å². The lowest BCUT2D eigenvalue weighted by molar-refractivity contribution is 0.0424. The Hall–Kier alpha value is -0.970. The summed E-state index contributed by atoms with van der Waals surface area (Å²) < 4.78 is 0. The first-order chi connectivity index (χ1) is 7.42. The van der Waals surface area contributed by atoms with E-state index in [2.05, 4.69) is 9.88 Å². The van der Waals surface area contributed by atoms with E-state index in [0.717, 1.165) is 17.8 Å². The molecule has 0 bridgehead atoms. The summed E-state index contributed by atoms with van der Waals surface area (Å²) in [5.74, 6) is 0. The zero-order valence-electron chi connectivity index (χ0n) is 10.3. The van der Waals surface area contributed by atoms with Gasteiger partial charge in [-0.15, -0.1) is 0 Å². The van der Waals surface area contributed by atoms with Gasteiger partial charge in [0.05, 0.1) is 11.3 Å². The average molecular weight is 223 g/mol. The summed E-state index contributed by atoms with van der Waals surface area (Å²) >= 11 is 0. The van der Waals surface area contributed by atoms with E-state index in [9.17, 15) is 5.11 Å². The fraction of sp³-hybridized carbons (Fsp3) is 0.583. The Morgan fingerprint density at radius 2 is 2.19 bits per heavy atom. The molecule has 1 aromatic rings. The topological polar surface area (TPSA) is 62.4 Å². The van der Waals surface area contributed by atoms with Crippen LogP contribution in [-0.2, 0) is 13.1 Å². The van der Waals surface area contributed by atoms with Crippen LogP contribution in [-0.4, -0.2) is 34.2 Å². The van der Waals surface area contributed by atoms with Gasteiger partial charge in [0.1, 0.15) is 0 Å². The number of nitrogens with zero attached hydrogens (tertiary/aromatic N) is 2. The summed E-state index contributed by atoms with van der Waals surface area (Å²) in [6, 6.07) is 3.93. The molecule has 4 heteroatoms. The van der Waals surface area contributed by atoms with Crippen LogP contribution in [0.5, 0.6) is 0 Å². The predicted molar refractivity (Wildman–Crippen MR) is 64.8 cm³/mol. The molecule has 0 spiro atoms. The minimum atomic E-state index is -0.681. The van der Waals surface area contributed by atoms with E-state index in [-0.39, 0.29) is 0 Å². The van der Waals surface area contributed by atoms with Gasteiger partial charge in [-0.3, -0.25) is 9.88 Å². The number of aliphatic hydroxyl groups is 1. The van der Waals surface area contributed by atoms with E-state index in [1.807, 2.05) is 19.2 Å². The molecule has 0 unspecified atom stereocenters. The Labute approximate surface area is 97.1 Å². The van der Waals surface area contributed by atoms with Crippen LogP contribution in [0.4, 0.5) is 0 Å². The molecule has 1 rings (SSSR count). The fourth-order valence-electron chi connectivity index (χ4n) is 1.81. The lowest BCUT2D eigenvalue weighted by Gasteiger charge is -2.25. The summed E-state index contributed by atoms with van der Waals surface area (Å²) in [5.41, 5.74) is 6.99. The minimum Gasteiger partial charge on any atom is -0.389 e. The lowest BCUT2D eigenvalue weighted by atomic mass is 10.1. The summed E-state index contributed by atoms with van der Waals surface area (Å²) in [5, 5.41) is 9.71. The molecule has 1 heterocycles. The van der Waals surface area contributed by atoms with Gasteiger partial charge in [-0.05, 0) is 32.5 Å². The Morgan fingerprint density at radius 1 is 1.50 bits per heavy atom. The molecule has 0 fully saturated rings. The second-order valence-electron chi connectivity index (χ2n) is 4.80. The molecule has 0 aliphatic rings. The first-order valence-corrected chi connectivity index (χ1v) is 5.46. The zero-order valence-corrected chi connectivity index (χ0v) is 10.3. The molecule has 0 aromatic carbocycles. The van der Waals surface area contributed by atoms with Crippen LogP contribution < -0.4 is 5.73 Å². The van der Waals surface area contributed by atoms with Gasteiger partial charge >= 0.3 is 0 Å². The van der Waals surface area contributed by atoms with Gasteiger partial charge in [0.15, 0.2) is 0 Å². The molecule has 4 nitrogen and oxygen atoms in total. The van der Waals surface area contributed by atoms with Crippen molar-refractivity contribution in [1.29, 1.82) is 0 Å². The third kappa shape index (κ3) is 4.26. The van der Waals surface area contributed by atoms with Crippen molar-refractivity contribution in [2.24, 2.45) is 5.73 Å². The van der Waals surface area contributed by atoms with Crippen molar-refractivity contribution in [3.05, 3.63) is 29.6 Å². The first-order valence-electron chi connectivity index (χ1n) is 5.46. The molecule has 0 aliphatic heterocycles. The van der Waals surface area contributed by atoms with Crippen LogP contribution in [0.1, 0.15) is 25.1 Å². The SMILES string of the molecule is CN(Cc1cccnc1CN)CC(C)(C)O. The van der Waals surface area contributed by atoms with E-state index < -0.39 is 5.60 Å². The van der Waals surface area contributed by atoms with Crippen LogP contribution in [0.2, 0.25) is 0 Å². The van der Waals surface area contributed by atoms with E-state index in [4.69, 9.17) is 5.73 Å². The van der Waals surface area contributed by atoms with Crippen LogP contribution >= 0.6 is 0 Å². The van der Waals surface area contributed by atoms with E-state index >= 15 is 0 Å². The summed E-state index contributed by atoms with van der Waals surface area (Å²) in [6.45, 7) is 5.43. The molecule has 16 heavy (non-hydrogen) atoms. The number of likely N-dealkylation sites (N-methyl/N-ethyl adjacent to an activating group) is 1. The monoisotopic (exact) mass is 223 g/mol. The summed E-state index contributed by atoms with van der Waals surface area (Å²) in [4.78, 5) is 6.30. The van der Waals surface area contributed by atoms with Crippen LogP contribution in [0.3, 0.4) is 0 Å². The number of rotatable bonds is 5. The zero-order chi connectivity index (χ0) is 12.2. The van der Waals surface area contributed by atoms with E-state index in [0.29, 0.717) is 13.1 Å².